The number of rotatable bonds is 5. The Bertz CT molecular complexity index is 794. The molecule has 0 bridgehead atoms. The first kappa shape index (κ1) is 17.2. The molecule has 0 aromatic carbocycles. The fourth-order valence-electron chi connectivity index (χ4n) is 2.12. The van der Waals surface area contributed by atoms with Crippen LogP contribution in [0.3, 0.4) is 0 Å². The third kappa shape index (κ3) is 4.24. The van der Waals surface area contributed by atoms with E-state index in [0.717, 1.165) is 22.0 Å². The van der Waals surface area contributed by atoms with Gasteiger partial charge in [-0.15, -0.1) is 11.8 Å². The van der Waals surface area contributed by atoms with Crippen molar-refractivity contribution in [3.8, 4) is 22.8 Å². The summed E-state index contributed by atoms with van der Waals surface area (Å²) in [5.41, 5.74) is 8.50. The maximum absolute atomic E-state index is 6.08. The Balaban J connectivity index is 2.10. The van der Waals surface area contributed by atoms with E-state index >= 15 is 0 Å². The molecular formula is C17H14Cl2N4S. The van der Waals surface area contributed by atoms with Gasteiger partial charge in [0.05, 0.1) is 22.8 Å². The second-order valence-electron chi connectivity index (χ2n) is 4.93. The van der Waals surface area contributed by atoms with Crippen LogP contribution in [0.25, 0.3) is 22.8 Å². The van der Waals surface area contributed by atoms with E-state index in [-0.39, 0.29) is 0 Å². The number of pyridine rings is 3. The van der Waals surface area contributed by atoms with E-state index in [4.69, 9.17) is 28.9 Å². The lowest BCUT2D eigenvalue weighted by Gasteiger charge is -2.09. The standard InChI is InChI=1S/C17H14Cl2N4S/c18-11-1-4-21-14(7-11)16-9-13(24-6-3-20)10-17(23-16)15-8-12(19)2-5-22-15/h1-2,4-5,7-10H,3,6,20H2. The molecule has 3 heterocycles. The third-order valence-electron chi connectivity index (χ3n) is 3.15. The fourth-order valence-corrected chi connectivity index (χ4v) is 3.18. The molecule has 0 fully saturated rings. The summed E-state index contributed by atoms with van der Waals surface area (Å²) in [4.78, 5) is 14.4. The molecular weight excluding hydrogens is 363 g/mol. The number of nitrogens with zero attached hydrogens (tertiary/aromatic N) is 3. The van der Waals surface area contributed by atoms with Gasteiger partial charge in [0.2, 0.25) is 0 Å². The molecule has 0 saturated heterocycles. The monoisotopic (exact) mass is 376 g/mol. The third-order valence-corrected chi connectivity index (χ3v) is 4.63. The summed E-state index contributed by atoms with van der Waals surface area (Å²) < 4.78 is 0. The molecule has 7 heteroatoms. The molecule has 0 aliphatic rings. The van der Waals surface area contributed by atoms with Crippen LogP contribution in [0.15, 0.2) is 53.7 Å². The van der Waals surface area contributed by atoms with Crippen molar-refractivity contribution in [3.63, 3.8) is 0 Å². The number of halogens is 2. The van der Waals surface area contributed by atoms with Gasteiger partial charge in [-0.25, -0.2) is 4.98 Å². The van der Waals surface area contributed by atoms with Gasteiger partial charge >= 0.3 is 0 Å². The SMILES string of the molecule is NCCSc1cc(-c2cc(Cl)ccn2)nc(-c2cc(Cl)ccn2)c1. The Morgan fingerprint density at radius 2 is 1.38 bits per heavy atom. The average Bonchev–Trinajstić information content (AvgIpc) is 2.60. The molecule has 3 aromatic rings. The van der Waals surface area contributed by atoms with E-state index in [9.17, 15) is 0 Å². The van der Waals surface area contributed by atoms with Crippen molar-refractivity contribution in [2.24, 2.45) is 5.73 Å². The van der Waals surface area contributed by atoms with Crippen LogP contribution in [0.2, 0.25) is 10.0 Å². The molecule has 0 saturated carbocycles. The number of thioether (sulfide) groups is 1. The largest absolute Gasteiger partial charge is 0.330 e. The summed E-state index contributed by atoms with van der Waals surface area (Å²) in [5.74, 6) is 0.814. The predicted molar refractivity (Wildman–Crippen MR) is 100 cm³/mol. The Labute approximate surface area is 154 Å². The molecule has 122 valence electrons. The van der Waals surface area contributed by atoms with E-state index in [0.29, 0.717) is 28.0 Å². The highest BCUT2D eigenvalue weighted by Crippen LogP contribution is 2.29. The topological polar surface area (TPSA) is 64.7 Å². The number of hydrogen-bond donors (Lipinski definition) is 1. The van der Waals surface area contributed by atoms with Gasteiger partial charge in [-0.3, -0.25) is 9.97 Å². The van der Waals surface area contributed by atoms with Gasteiger partial charge in [-0.1, -0.05) is 23.2 Å². The molecule has 0 atom stereocenters. The second kappa shape index (κ2) is 7.94. The molecule has 0 amide bonds. The van der Waals surface area contributed by atoms with Crippen LogP contribution in [-0.2, 0) is 0 Å². The first-order valence-corrected chi connectivity index (χ1v) is 8.98. The number of hydrogen-bond acceptors (Lipinski definition) is 5. The van der Waals surface area contributed by atoms with E-state index in [1.54, 1.807) is 48.4 Å². The van der Waals surface area contributed by atoms with Crippen molar-refractivity contribution >= 4 is 35.0 Å². The van der Waals surface area contributed by atoms with E-state index in [2.05, 4.69) is 15.0 Å². The van der Waals surface area contributed by atoms with Crippen molar-refractivity contribution in [2.45, 2.75) is 4.90 Å². The summed E-state index contributed by atoms with van der Waals surface area (Å²) in [7, 11) is 0. The van der Waals surface area contributed by atoms with Gasteiger partial charge in [-0.05, 0) is 36.4 Å². The molecule has 0 spiro atoms. The van der Waals surface area contributed by atoms with Gasteiger partial charge in [0, 0.05) is 39.6 Å². The number of aromatic nitrogens is 3. The summed E-state index contributed by atoms with van der Waals surface area (Å²) in [6.45, 7) is 0.600. The summed E-state index contributed by atoms with van der Waals surface area (Å²) in [5, 5.41) is 1.23. The molecule has 3 rings (SSSR count). The Morgan fingerprint density at radius 3 is 1.83 bits per heavy atom. The molecule has 0 radical (unpaired) electrons. The Hall–Kier alpha value is -1.66. The van der Waals surface area contributed by atoms with Gasteiger partial charge in [-0.2, -0.15) is 0 Å². The van der Waals surface area contributed by atoms with Crippen LogP contribution in [0.1, 0.15) is 0 Å². The quantitative estimate of drug-likeness (QED) is 0.660. The van der Waals surface area contributed by atoms with Crippen molar-refractivity contribution < 1.29 is 0 Å². The lowest BCUT2D eigenvalue weighted by atomic mass is 10.2. The number of nitrogens with two attached hydrogens (primary N) is 1. The van der Waals surface area contributed by atoms with E-state index < -0.39 is 0 Å². The van der Waals surface area contributed by atoms with Gasteiger partial charge in [0.25, 0.3) is 0 Å². The molecule has 0 unspecified atom stereocenters. The second-order valence-corrected chi connectivity index (χ2v) is 6.97. The predicted octanol–water partition coefficient (Wildman–Crippen LogP) is 4.56. The zero-order valence-electron chi connectivity index (χ0n) is 12.6. The zero-order valence-corrected chi connectivity index (χ0v) is 14.9. The van der Waals surface area contributed by atoms with Crippen LogP contribution in [0.4, 0.5) is 0 Å². The molecule has 24 heavy (non-hydrogen) atoms. The van der Waals surface area contributed by atoms with E-state index in [1.807, 2.05) is 12.1 Å². The molecule has 4 nitrogen and oxygen atoms in total. The highest BCUT2D eigenvalue weighted by molar-refractivity contribution is 7.99. The summed E-state index contributed by atoms with van der Waals surface area (Å²) >= 11 is 13.8. The lowest BCUT2D eigenvalue weighted by Crippen LogP contribution is -2.01. The van der Waals surface area contributed by atoms with Crippen LogP contribution in [0, 0.1) is 0 Å². The van der Waals surface area contributed by atoms with Crippen molar-refractivity contribution in [2.75, 3.05) is 12.3 Å². The molecule has 0 aliphatic carbocycles. The van der Waals surface area contributed by atoms with Crippen LogP contribution in [-0.4, -0.2) is 27.2 Å². The molecule has 0 aliphatic heterocycles. The molecule has 3 aromatic heterocycles. The van der Waals surface area contributed by atoms with Gasteiger partial charge < -0.3 is 5.73 Å². The van der Waals surface area contributed by atoms with Crippen LogP contribution < -0.4 is 5.73 Å². The van der Waals surface area contributed by atoms with Gasteiger partial charge in [0.1, 0.15) is 0 Å². The first-order valence-electron chi connectivity index (χ1n) is 7.24. The maximum atomic E-state index is 6.08. The Morgan fingerprint density at radius 1 is 0.833 bits per heavy atom. The van der Waals surface area contributed by atoms with Crippen LogP contribution in [0.5, 0.6) is 0 Å². The highest BCUT2D eigenvalue weighted by Gasteiger charge is 2.10. The Kier molecular flexibility index (Phi) is 5.68. The minimum atomic E-state index is 0.600. The first-order chi connectivity index (χ1) is 11.7. The molecule has 2 N–H and O–H groups in total. The lowest BCUT2D eigenvalue weighted by molar-refractivity contribution is 1.14. The minimum Gasteiger partial charge on any atom is -0.330 e. The summed E-state index contributed by atoms with van der Waals surface area (Å²) in [6.07, 6.45) is 3.33. The van der Waals surface area contributed by atoms with Gasteiger partial charge in [0.15, 0.2) is 0 Å². The van der Waals surface area contributed by atoms with E-state index in [1.165, 1.54) is 0 Å². The zero-order chi connectivity index (χ0) is 16.9. The normalized spacial score (nSPS) is 10.8. The summed E-state index contributed by atoms with van der Waals surface area (Å²) in [6, 6.07) is 11.0. The minimum absolute atomic E-state index is 0.600. The average molecular weight is 377 g/mol. The highest BCUT2D eigenvalue weighted by atomic mass is 35.5. The van der Waals surface area contributed by atoms with Crippen molar-refractivity contribution in [1.29, 1.82) is 0 Å². The smallest absolute Gasteiger partial charge is 0.0906 e. The fraction of sp³-hybridized carbons (Fsp3) is 0.118. The maximum Gasteiger partial charge on any atom is 0.0906 e. The van der Waals surface area contributed by atoms with Crippen molar-refractivity contribution in [3.05, 3.63) is 58.8 Å². The van der Waals surface area contributed by atoms with Crippen LogP contribution >= 0.6 is 35.0 Å². The van der Waals surface area contributed by atoms with Crippen molar-refractivity contribution in [1.82, 2.24) is 15.0 Å².